The predicted octanol–water partition coefficient (Wildman–Crippen LogP) is 1.07. The summed E-state index contributed by atoms with van der Waals surface area (Å²) >= 11 is 0. The van der Waals surface area contributed by atoms with Gasteiger partial charge in [-0.2, -0.15) is 0 Å². The molecule has 2 rings (SSSR count). The van der Waals surface area contributed by atoms with Crippen LogP contribution in [0.2, 0.25) is 0 Å². The molecule has 2 aliphatic rings. The average molecular weight is 1190 g/mol. The van der Waals surface area contributed by atoms with Gasteiger partial charge in [0.15, 0.2) is 0 Å². The van der Waals surface area contributed by atoms with Crippen LogP contribution in [0, 0.1) is 29.6 Å². The molecule has 0 aliphatic carbocycles. The van der Waals surface area contributed by atoms with E-state index in [9.17, 15) is 62.6 Å². The third-order valence-electron chi connectivity index (χ3n) is 15.5. The van der Waals surface area contributed by atoms with E-state index < -0.39 is 142 Å². The van der Waals surface area contributed by atoms with Crippen LogP contribution in [0.5, 0.6) is 0 Å². The van der Waals surface area contributed by atoms with Crippen LogP contribution in [0.4, 0.5) is 0 Å². The zero-order chi connectivity index (χ0) is 64.4. The molecule has 0 aromatic heterocycles. The molecule has 2 aliphatic heterocycles. The lowest BCUT2D eigenvalue weighted by molar-refractivity contribution is -0.146. The van der Waals surface area contributed by atoms with Crippen LogP contribution in [-0.2, 0) is 57.5 Å². The van der Waals surface area contributed by atoms with Gasteiger partial charge in [-0.3, -0.25) is 57.5 Å². The molecule has 10 atom stereocenters. The van der Waals surface area contributed by atoms with Crippen molar-refractivity contribution in [2.45, 2.75) is 253 Å². The largest absolute Gasteiger partial charge is 0.394 e. The first kappa shape index (κ1) is 73.7. The van der Waals surface area contributed by atoms with Crippen LogP contribution in [0.1, 0.15) is 188 Å². The standard InChI is InChI=1S/C59H104N12O13/c1-18-35(9)45(65-47(75)39(24-25-44(60)74)64-54(82)57(12,13)67-37(11)73)52(80)66-46(36(10)19-2)53(81)69-59(16,17)56(84)71-27-21-23-43(71)51(79)63-40(29-33(5)6)48(76)62-41(30-34(7)8)49(77)68-58(14,15)55(83)70-26-20-22-42(70)50(78)61-38(31-72)28-32(3)4/h32-36,38-43,45-46,72H,18-31H2,1-17H3,(H2,60,74)(H,61,78)(H,62,76)(H,63,79)(H,64,82)(H,65,75)(H,66,80)(H,67,73)(H,68,77)(H,69,81). The van der Waals surface area contributed by atoms with E-state index in [1.165, 1.54) is 58.3 Å². The Bertz CT molecular complexity index is 2340. The van der Waals surface area contributed by atoms with Gasteiger partial charge in [0.1, 0.15) is 58.9 Å². The lowest BCUT2D eigenvalue weighted by Crippen LogP contribution is -2.64. The Labute approximate surface area is 497 Å². The first-order valence-corrected chi connectivity index (χ1v) is 30.1. The summed E-state index contributed by atoms with van der Waals surface area (Å²) in [5.74, 6) is -8.76. The van der Waals surface area contributed by atoms with Gasteiger partial charge >= 0.3 is 0 Å². The smallest absolute Gasteiger partial charge is 0.248 e. The third kappa shape index (κ3) is 22.2. The van der Waals surface area contributed by atoms with Crippen molar-refractivity contribution in [3.8, 4) is 0 Å². The van der Waals surface area contributed by atoms with Crippen molar-refractivity contribution in [3.05, 3.63) is 0 Å². The number of hydrogen-bond acceptors (Lipinski definition) is 13. The average Bonchev–Trinajstić information content (AvgIpc) is 4.22. The van der Waals surface area contributed by atoms with Crippen molar-refractivity contribution in [2.75, 3.05) is 19.7 Å². The van der Waals surface area contributed by atoms with Gasteiger partial charge in [-0.1, -0.05) is 82.1 Å². The quantitative estimate of drug-likeness (QED) is 0.0439. The molecule has 0 aromatic carbocycles. The van der Waals surface area contributed by atoms with Crippen LogP contribution in [-0.4, -0.2) is 170 Å². The second kappa shape index (κ2) is 32.8. The van der Waals surface area contributed by atoms with E-state index in [1.807, 2.05) is 41.5 Å². The van der Waals surface area contributed by atoms with E-state index in [0.717, 1.165) is 0 Å². The highest BCUT2D eigenvalue weighted by atomic mass is 16.3. The fourth-order valence-electron chi connectivity index (χ4n) is 10.5. The molecule has 2 heterocycles. The SMILES string of the molecule is CCC(C)C(NC(=O)C(CCC(N)=O)NC(=O)C(C)(C)NC(C)=O)C(=O)NC(C(=O)NC(C)(C)C(=O)N1CCCC1C(=O)NC(CC(C)C)C(=O)NC(CC(C)C)C(=O)NC(C)(C)C(=O)N1CCCC1C(=O)NC(CO)CC(C)C)C(C)CC. The fourth-order valence-corrected chi connectivity index (χ4v) is 10.5. The Balaban J connectivity index is 2.33. The summed E-state index contributed by atoms with van der Waals surface area (Å²) in [6, 6.07) is -8.49. The Morgan fingerprint density at radius 2 is 0.929 bits per heavy atom. The molecule has 0 spiro atoms. The summed E-state index contributed by atoms with van der Waals surface area (Å²) in [6.07, 6.45) is 2.74. The number of rotatable bonds is 33. The van der Waals surface area contributed by atoms with Crippen LogP contribution in [0.3, 0.4) is 0 Å². The van der Waals surface area contributed by atoms with E-state index in [1.54, 1.807) is 27.7 Å². The summed E-state index contributed by atoms with van der Waals surface area (Å²) in [5.41, 5.74) is 0.763. The number of aliphatic hydroxyl groups excluding tert-OH is 1. The molecule has 10 unspecified atom stereocenters. The number of aliphatic hydroxyl groups is 1. The molecule has 25 nitrogen and oxygen atoms in total. The molecular formula is C59H104N12O13. The van der Waals surface area contributed by atoms with Gasteiger partial charge in [-0.05, 0) is 122 Å². The number of hydrogen-bond donors (Lipinski definition) is 11. The molecule has 2 saturated heterocycles. The normalized spacial score (nSPS) is 18.5. The number of amides is 12. The Hall–Kier alpha value is -6.40. The minimum absolute atomic E-state index is 0.109. The van der Waals surface area contributed by atoms with E-state index in [0.29, 0.717) is 38.5 Å². The van der Waals surface area contributed by atoms with Crippen LogP contribution in [0.15, 0.2) is 0 Å². The summed E-state index contributed by atoms with van der Waals surface area (Å²) in [7, 11) is 0. The highest BCUT2D eigenvalue weighted by Crippen LogP contribution is 2.25. The van der Waals surface area contributed by atoms with Gasteiger partial charge in [-0.25, -0.2) is 0 Å². The van der Waals surface area contributed by atoms with Crippen molar-refractivity contribution in [1.82, 2.24) is 57.7 Å². The second-order valence-corrected chi connectivity index (χ2v) is 26.0. The Kier molecular flexibility index (Phi) is 28.7. The first-order chi connectivity index (χ1) is 38.8. The molecule has 0 saturated carbocycles. The summed E-state index contributed by atoms with van der Waals surface area (Å²) in [6.45, 7) is 28.7. The van der Waals surface area contributed by atoms with Crippen LogP contribution in [0.25, 0.3) is 0 Å². The number of carbonyl (C=O) groups is 12. The van der Waals surface area contributed by atoms with Gasteiger partial charge in [-0.15, -0.1) is 0 Å². The number of nitrogens with zero attached hydrogens (tertiary/aromatic N) is 2. The Morgan fingerprint density at radius 1 is 0.512 bits per heavy atom. The van der Waals surface area contributed by atoms with E-state index in [2.05, 4.69) is 47.9 Å². The molecular weight excluding hydrogens is 1080 g/mol. The summed E-state index contributed by atoms with van der Waals surface area (Å²) in [4.78, 5) is 167. The number of primary amides is 1. The summed E-state index contributed by atoms with van der Waals surface area (Å²) < 4.78 is 0. The molecule has 478 valence electrons. The second-order valence-electron chi connectivity index (χ2n) is 26.0. The van der Waals surface area contributed by atoms with E-state index in [-0.39, 0.29) is 75.5 Å². The minimum Gasteiger partial charge on any atom is -0.394 e. The molecule has 0 aromatic rings. The molecule has 0 bridgehead atoms. The highest BCUT2D eigenvalue weighted by molar-refractivity contribution is 6.01. The van der Waals surface area contributed by atoms with E-state index >= 15 is 0 Å². The molecule has 84 heavy (non-hydrogen) atoms. The zero-order valence-corrected chi connectivity index (χ0v) is 53.2. The lowest BCUT2D eigenvalue weighted by atomic mass is 9.93. The van der Waals surface area contributed by atoms with Crippen LogP contribution < -0.4 is 53.6 Å². The summed E-state index contributed by atoms with van der Waals surface area (Å²) in [5, 5.41) is 34.6. The maximum atomic E-state index is 14.6. The van der Waals surface area contributed by atoms with Crippen molar-refractivity contribution < 1.29 is 62.6 Å². The molecule has 2 fully saturated rings. The minimum atomic E-state index is -1.66. The van der Waals surface area contributed by atoms with Crippen molar-refractivity contribution in [2.24, 2.45) is 35.3 Å². The van der Waals surface area contributed by atoms with Gasteiger partial charge < -0.3 is 68.5 Å². The van der Waals surface area contributed by atoms with Gasteiger partial charge in [0.2, 0.25) is 70.9 Å². The molecule has 25 heteroatoms. The van der Waals surface area contributed by atoms with Crippen LogP contribution >= 0.6 is 0 Å². The van der Waals surface area contributed by atoms with Crippen molar-refractivity contribution in [3.63, 3.8) is 0 Å². The van der Waals surface area contributed by atoms with Gasteiger partial charge in [0, 0.05) is 26.4 Å². The Morgan fingerprint density at radius 3 is 1.36 bits per heavy atom. The number of nitrogens with two attached hydrogens (primary N) is 1. The number of nitrogens with one attached hydrogen (secondary N) is 9. The topological polar surface area (TPSA) is 366 Å². The zero-order valence-electron chi connectivity index (χ0n) is 53.2. The van der Waals surface area contributed by atoms with E-state index in [4.69, 9.17) is 5.73 Å². The fraction of sp³-hybridized carbons (Fsp3) is 0.797. The third-order valence-corrected chi connectivity index (χ3v) is 15.5. The predicted molar refractivity (Wildman–Crippen MR) is 316 cm³/mol. The highest BCUT2D eigenvalue weighted by Gasteiger charge is 2.46. The monoisotopic (exact) mass is 1190 g/mol. The first-order valence-electron chi connectivity index (χ1n) is 30.1. The maximum absolute atomic E-state index is 14.6. The van der Waals surface area contributed by atoms with Gasteiger partial charge in [0.05, 0.1) is 12.6 Å². The lowest BCUT2D eigenvalue weighted by Gasteiger charge is -2.36. The number of likely N-dealkylation sites (tertiary alicyclic amines) is 2. The number of carbonyl (C=O) groups excluding carboxylic acids is 12. The van der Waals surface area contributed by atoms with Crippen molar-refractivity contribution in [1.29, 1.82) is 0 Å². The molecule has 0 radical (unpaired) electrons. The van der Waals surface area contributed by atoms with Crippen molar-refractivity contribution >= 4 is 70.9 Å². The molecule has 12 N–H and O–H groups in total. The van der Waals surface area contributed by atoms with Gasteiger partial charge in [0.25, 0.3) is 0 Å². The molecule has 12 amide bonds. The maximum Gasteiger partial charge on any atom is 0.248 e.